The Morgan fingerprint density at radius 2 is 1.97 bits per heavy atom. The molecule has 5 nitrogen and oxygen atoms in total. The highest BCUT2D eigenvalue weighted by Crippen LogP contribution is 2.26. The summed E-state index contributed by atoms with van der Waals surface area (Å²) in [6.45, 7) is 9.33. The van der Waals surface area contributed by atoms with Crippen LogP contribution in [0.1, 0.15) is 30.5 Å². The zero-order chi connectivity index (χ0) is 20.9. The van der Waals surface area contributed by atoms with Gasteiger partial charge in [0, 0.05) is 39.1 Å². The van der Waals surface area contributed by atoms with Crippen molar-refractivity contribution in [2.24, 2.45) is 5.92 Å². The van der Waals surface area contributed by atoms with Gasteiger partial charge in [0.05, 0.1) is 13.2 Å². The topological polar surface area (TPSA) is 42.0 Å². The minimum Gasteiger partial charge on any atom is -0.493 e. The normalized spacial score (nSPS) is 18.8. The smallest absolute Gasteiger partial charge is 0.253 e. The van der Waals surface area contributed by atoms with Crippen LogP contribution in [0.2, 0.25) is 0 Å². The monoisotopic (exact) mass is 408 g/mol. The van der Waals surface area contributed by atoms with E-state index in [9.17, 15) is 4.79 Å². The Balaban J connectivity index is 1.43. The van der Waals surface area contributed by atoms with E-state index < -0.39 is 6.10 Å². The van der Waals surface area contributed by atoms with Crippen molar-refractivity contribution >= 4 is 5.91 Å². The van der Waals surface area contributed by atoms with E-state index in [1.165, 1.54) is 11.1 Å². The van der Waals surface area contributed by atoms with E-state index in [1.54, 1.807) is 0 Å². The number of morpholine rings is 1. The third kappa shape index (κ3) is 5.21. The molecular weight excluding hydrogens is 376 g/mol. The predicted octanol–water partition coefficient (Wildman–Crippen LogP) is 3.51. The molecular formula is C25H32N2O3. The van der Waals surface area contributed by atoms with Gasteiger partial charge in [-0.05, 0) is 28.7 Å². The van der Waals surface area contributed by atoms with Gasteiger partial charge in [0.25, 0.3) is 5.91 Å². The standard InChI is InChI=1S/C25H32N2O3/c1-19(2)15-27(17-21-8-9-23-22(14-21)10-12-29-23)25(28)24-18-26(11-13-30-24)16-20-6-4-3-5-7-20/h3-9,14,19,24H,10-13,15-18H2,1-2H3. The molecule has 2 aromatic carbocycles. The molecule has 0 aromatic heterocycles. The molecule has 0 bridgehead atoms. The average molecular weight is 409 g/mol. The summed E-state index contributed by atoms with van der Waals surface area (Å²) in [5.41, 5.74) is 3.67. The lowest BCUT2D eigenvalue weighted by Crippen LogP contribution is -2.51. The largest absolute Gasteiger partial charge is 0.493 e. The minimum absolute atomic E-state index is 0.0956. The van der Waals surface area contributed by atoms with E-state index in [-0.39, 0.29) is 5.91 Å². The van der Waals surface area contributed by atoms with Crippen LogP contribution in [0, 0.1) is 5.92 Å². The molecule has 0 spiro atoms. The first kappa shape index (κ1) is 20.9. The quantitative estimate of drug-likeness (QED) is 0.703. The molecule has 160 valence electrons. The number of nitrogens with zero attached hydrogens (tertiary/aromatic N) is 2. The number of carbonyl (C=O) groups is 1. The summed E-state index contributed by atoms with van der Waals surface area (Å²) in [5, 5.41) is 0. The van der Waals surface area contributed by atoms with Gasteiger partial charge in [-0.25, -0.2) is 0 Å². The summed E-state index contributed by atoms with van der Waals surface area (Å²) >= 11 is 0. The van der Waals surface area contributed by atoms with Crippen molar-refractivity contribution in [1.29, 1.82) is 0 Å². The summed E-state index contributed by atoms with van der Waals surface area (Å²) in [6.07, 6.45) is 0.542. The molecule has 1 unspecified atom stereocenters. The van der Waals surface area contributed by atoms with E-state index >= 15 is 0 Å². The van der Waals surface area contributed by atoms with Gasteiger partial charge in [0.1, 0.15) is 11.9 Å². The van der Waals surface area contributed by atoms with E-state index in [2.05, 4.69) is 55.1 Å². The molecule has 30 heavy (non-hydrogen) atoms. The van der Waals surface area contributed by atoms with E-state index in [0.717, 1.165) is 44.0 Å². The van der Waals surface area contributed by atoms with Gasteiger partial charge in [-0.3, -0.25) is 9.69 Å². The van der Waals surface area contributed by atoms with Gasteiger partial charge >= 0.3 is 0 Å². The SMILES string of the molecule is CC(C)CN(Cc1ccc2c(c1)CCO2)C(=O)C1CN(Cc2ccccc2)CCO1. The number of benzene rings is 2. The fraction of sp³-hybridized carbons (Fsp3) is 0.480. The van der Waals surface area contributed by atoms with Gasteiger partial charge in [0.2, 0.25) is 0 Å². The van der Waals surface area contributed by atoms with Crippen molar-refractivity contribution < 1.29 is 14.3 Å². The van der Waals surface area contributed by atoms with Crippen molar-refractivity contribution in [3.05, 3.63) is 65.2 Å². The Morgan fingerprint density at radius 3 is 2.77 bits per heavy atom. The minimum atomic E-state index is -0.404. The third-order valence-corrected chi connectivity index (χ3v) is 5.70. The number of amides is 1. The fourth-order valence-electron chi connectivity index (χ4n) is 4.27. The van der Waals surface area contributed by atoms with Gasteiger partial charge in [-0.1, -0.05) is 56.3 Å². The van der Waals surface area contributed by atoms with Crippen molar-refractivity contribution in [3.63, 3.8) is 0 Å². The van der Waals surface area contributed by atoms with Crippen LogP contribution in [0.4, 0.5) is 0 Å². The maximum Gasteiger partial charge on any atom is 0.253 e. The van der Waals surface area contributed by atoms with Crippen LogP contribution in [0.15, 0.2) is 48.5 Å². The number of carbonyl (C=O) groups excluding carboxylic acids is 1. The van der Waals surface area contributed by atoms with Crippen LogP contribution in [-0.2, 0) is 29.0 Å². The molecule has 5 heteroatoms. The maximum atomic E-state index is 13.4. The molecule has 1 saturated heterocycles. The molecule has 2 heterocycles. The summed E-state index contributed by atoms with van der Waals surface area (Å²) in [4.78, 5) is 17.7. The van der Waals surface area contributed by atoms with Gasteiger partial charge in [0.15, 0.2) is 0 Å². The van der Waals surface area contributed by atoms with Crippen LogP contribution >= 0.6 is 0 Å². The number of hydrogen-bond donors (Lipinski definition) is 0. The zero-order valence-electron chi connectivity index (χ0n) is 18.0. The average Bonchev–Trinajstić information content (AvgIpc) is 3.21. The van der Waals surface area contributed by atoms with E-state index in [0.29, 0.717) is 25.6 Å². The zero-order valence-corrected chi connectivity index (χ0v) is 18.0. The fourth-order valence-corrected chi connectivity index (χ4v) is 4.27. The Kier molecular flexibility index (Phi) is 6.70. The van der Waals surface area contributed by atoms with Crippen molar-refractivity contribution in [2.75, 3.05) is 32.8 Å². The molecule has 0 saturated carbocycles. The van der Waals surface area contributed by atoms with E-state index in [1.807, 2.05) is 17.0 Å². The molecule has 0 N–H and O–H groups in total. The lowest BCUT2D eigenvalue weighted by atomic mass is 10.1. The van der Waals surface area contributed by atoms with Crippen molar-refractivity contribution in [3.8, 4) is 5.75 Å². The van der Waals surface area contributed by atoms with Crippen LogP contribution in [-0.4, -0.2) is 54.7 Å². The van der Waals surface area contributed by atoms with Crippen LogP contribution < -0.4 is 4.74 Å². The number of fused-ring (bicyclic) bond motifs is 1. The van der Waals surface area contributed by atoms with Crippen molar-refractivity contribution in [1.82, 2.24) is 9.80 Å². The number of ether oxygens (including phenoxy) is 2. The Bertz CT molecular complexity index is 853. The maximum absolute atomic E-state index is 13.4. The summed E-state index contributed by atoms with van der Waals surface area (Å²) in [7, 11) is 0. The molecule has 0 aliphatic carbocycles. The summed E-state index contributed by atoms with van der Waals surface area (Å²) < 4.78 is 11.5. The predicted molar refractivity (Wildman–Crippen MR) is 117 cm³/mol. The highest BCUT2D eigenvalue weighted by atomic mass is 16.5. The first-order chi connectivity index (χ1) is 14.6. The molecule has 2 aliphatic heterocycles. The first-order valence-electron chi connectivity index (χ1n) is 11.0. The summed E-state index contributed by atoms with van der Waals surface area (Å²) in [5.74, 6) is 1.47. The first-order valence-corrected chi connectivity index (χ1v) is 11.0. The second-order valence-corrected chi connectivity index (χ2v) is 8.73. The second-order valence-electron chi connectivity index (χ2n) is 8.73. The van der Waals surface area contributed by atoms with E-state index in [4.69, 9.17) is 9.47 Å². The number of rotatable bonds is 7. The molecule has 4 rings (SSSR count). The molecule has 1 amide bonds. The Labute approximate surface area is 179 Å². The third-order valence-electron chi connectivity index (χ3n) is 5.70. The molecule has 0 radical (unpaired) electrons. The van der Waals surface area contributed by atoms with Gasteiger partial charge < -0.3 is 14.4 Å². The lowest BCUT2D eigenvalue weighted by Gasteiger charge is -2.35. The highest BCUT2D eigenvalue weighted by Gasteiger charge is 2.31. The lowest BCUT2D eigenvalue weighted by molar-refractivity contribution is -0.151. The van der Waals surface area contributed by atoms with Crippen molar-refractivity contribution in [2.45, 2.75) is 39.5 Å². The molecule has 2 aromatic rings. The number of hydrogen-bond acceptors (Lipinski definition) is 4. The summed E-state index contributed by atoms with van der Waals surface area (Å²) in [6, 6.07) is 16.7. The van der Waals surface area contributed by atoms with Crippen LogP contribution in [0.5, 0.6) is 5.75 Å². The molecule has 1 fully saturated rings. The highest BCUT2D eigenvalue weighted by molar-refractivity contribution is 5.81. The Morgan fingerprint density at radius 1 is 1.13 bits per heavy atom. The molecule has 1 atom stereocenters. The Hall–Kier alpha value is -2.37. The van der Waals surface area contributed by atoms with Crippen LogP contribution in [0.3, 0.4) is 0 Å². The van der Waals surface area contributed by atoms with Gasteiger partial charge in [-0.2, -0.15) is 0 Å². The van der Waals surface area contributed by atoms with Gasteiger partial charge in [-0.15, -0.1) is 0 Å². The van der Waals surface area contributed by atoms with Crippen LogP contribution in [0.25, 0.3) is 0 Å². The second kappa shape index (κ2) is 9.63. The molecule has 2 aliphatic rings.